The van der Waals surface area contributed by atoms with E-state index in [9.17, 15) is 8.78 Å². The molecule has 7 heteroatoms. The molecule has 0 atom stereocenters. The van der Waals surface area contributed by atoms with E-state index >= 15 is 0 Å². The molecule has 0 spiro atoms. The highest BCUT2D eigenvalue weighted by Crippen LogP contribution is 2.22. The number of aromatic amines is 1. The Morgan fingerprint density at radius 3 is 2.59 bits per heavy atom. The first-order chi connectivity index (χ1) is 13.1. The van der Waals surface area contributed by atoms with Crippen LogP contribution in [0.15, 0.2) is 49.1 Å². The number of rotatable bonds is 5. The summed E-state index contributed by atoms with van der Waals surface area (Å²) in [7, 11) is 0. The number of aromatic nitrogens is 4. The van der Waals surface area contributed by atoms with E-state index in [1.807, 2.05) is 12.3 Å². The van der Waals surface area contributed by atoms with E-state index in [1.165, 1.54) is 6.07 Å². The Morgan fingerprint density at radius 2 is 1.78 bits per heavy atom. The maximum Gasteiger partial charge on any atom is 0.162 e. The van der Waals surface area contributed by atoms with Crippen molar-refractivity contribution in [3.05, 3.63) is 88.2 Å². The topological polar surface area (TPSA) is 54.5 Å². The number of aryl methyl sites for hydroxylation is 2. The van der Waals surface area contributed by atoms with Crippen molar-refractivity contribution in [3.63, 3.8) is 0 Å². The second kappa shape index (κ2) is 7.40. The van der Waals surface area contributed by atoms with Crippen LogP contribution in [0.2, 0.25) is 5.02 Å². The molecule has 3 heterocycles. The van der Waals surface area contributed by atoms with Crippen LogP contribution in [-0.4, -0.2) is 19.9 Å². The molecule has 0 aliphatic heterocycles. The molecule has 0 saturated carbocycles. The van der Waals surface area contributed by atoms with E-state index in [-0.39, 0.29) is 0 Å². The van der Waals surface area contributed by atoms with Gasteiger partial charge in [-0.25, -0.2) is 23.7 Å². The average molecular weight is 385 g/mol. The summed E-state index contributed by atoms with van der Waals surface area (Å²) < 4.78 is 27.0. The highest BCUT2D eigenvalue weighted by atomic mass is 35.5. The molecule has 1 N–H and O–H groups in total. The second-order valence-electron chi connectivity index (χ2n) is 6.26. The summed E-state index contributed by atoms with van der Waals surface area (Å²) in [5.74, 6) is -1.05. The number of hydrogen-bond acceptors (Lipinski definition) is 3. The van der Waals surface area contributed by atoms with Crippen LogP contribution in [0.1, 0.15) is 22.5 Å². The minimum Gasteiger partial charge on any atom is -0.346 e. The van der Waals surface area contributed by atoms with Crippen LogP contribution in [0.5, 0.6) is 0 Å². The Hall–Kier alpha value is -2.86. The van der Waals surface area contributed by atoms with Gasteiger partial charge in [0.2, 0.25) is 0 Å². The number of benzene rings is 1. The Labute approximate surface area is 159 Å². The molecule has 0 radical (unpaired) electrons. The molecule has 3 aromatic heterocycles. The van der Waals surface area contributed by atoms with E-state index in [2.05, 4.69) is 19.9 Å². The predicted octanol–water partition coefficient (Wildman–Crippen LogP) is 4.66. The fourth-order valence-electron chi connectivity index (χ4n) is 2.99. The molecule has 0 unspecified atom stereocenters. The van der Waals surface area contributed by atoms with Crippen molar-refractivity contribution in [2.24, 2.45) is 0 Å². The first kappa shape index (κ1) is 17.5. The Bertz CT molecular complexity index is 1090. The van der Waals surface area contributed by atoms with Gasteiger partial charge in [0.25, 0.3) is 0 Å². The van der Waals surface area contributed by atoms with Crippen LogP contribution in [0.4, 0.5) is 8.78 Å². The van der Waals surface area contributed by atoms with Gasteiger partial charge < -0.3 is 4.98 Å². The van der Waals surface area contributed by atoms with E-state index in [0.29, 0.717) is 35.7 Å². The van der Waals surface area contributed by atoms with Crippen LogP contribution in [0.3, 0.4) is 0 Å². The van der Waals surface area contributed by atoms with Crippen molar-refractivity contribution < 1.29 is 8.78 Å². The maximum atomic E-state index is 13.7. The summed E-state index contributed by atoms with van der Waals surface area (Å²) in [5.41, 5.74) is 3.10. The summed E-state index contributed by atoms with van der Waals surface area (Å²) in [6.45, 7) is 0. The zero-order valence-electron chi connectivity index (χ0n) is 14.2. The number of pyridine rings is 1. The largest absolute Gasteiger partial charge is 0.346 e. The van der Waals surface area contributed by atoms with Gasteiger partial charge in [-0.05, 0) is 35.2 Å². The Balaban J connectivity index is 1.45. The zero-order valence-corrected chi connectivity index (χ0v) is 15.0. The van der Waals surface area contributed by atoms with E-state index < -0.39 is 11.6 Å². The van der Waals surface area contributed by atoms with Gasteiger partial charge in [-0.2, -0.15) is 0 Å². The normalized spacial score (nSPS) is 11.2. The lowest BCUT2D eigenvalue weighted by Crippen LogP contribution is -2.02. The van der Waals surface area contributed by atoms with Gasteiger partial charge in [-0.3, -0.25) is 0 Å². The molecule has 0 aliphatic carbocycles. The van der Waals surface area contributed by atoms with Gasteiger partial charge in [0, 0.05) is 43.0 Å². The number of nitrogens with zero attached hydrogens (tertiary/aromatic N) is 3. The van der Waals surface area contributed by atoms with Gasteiger partial charge >= 0.3 is 0 Å². The Morgan fingerprint density at radius 1 is 0.963 bits per heavy atom. The Kier molecular flexibility index (Phi) is 4.81. The number of hydrogen-bond donors (Lipinski definition) is 1. The SMILES string of the molecule is Fc1cccc(CCc2ncc(Cc3c[nH]c4ncc(Cl)cc34)cn2)c1F. The third kappa shape index (κ3) is 3.80. The van der Waals surface area contributed by atoms with Crippen molar-refractivity contribution in [2.45, 2.75) is 19.3 Å². The number of nitrogens with one attached hydrogen (secondary N) is 1. The van der Waals surface area contributed by atoms with Gasteiger partial charge in [-0.15, -0.1) is 0 Å². The fourth-order valence-corrected chi connectivity index (χ4v) is 3.15. The van der Waals surface area contributed by atoms with Crippen molar-refractivity contribution in [2.75, 3.05) is 0 Å². The third-order valence-electron chi connectivity index (χ3n) is 4.39. The molecule has 136 valence electrons. The van der Waals surface area contributed by atoms with Crippen molar-refractivity contribution in [1.82, 2.24) is 19.9 Å². The van der Waals surface area contributed by atoms with Gasteiger partial charge in [0.15, 0.2) is 11.6 Å². The predicted molar refractivity (Wildman–Crippen MR) is 99.7 cm³/mol. The lowest BCUT2D eigenvalue weighted by molar-refractivity contribution is 0.498. The number of H-pyrrole nitrogens is 1. The molecule has 0 amide bonds. The highest BCUT2D eigenvalue weighted by Gasteiger charge is 2.10. The smallest absolute Gasteiger partial charge is 0.162 e. The van der Waals surface area contributed by atoms with E-state index in [0.717, 1.165) is 28.2 Å². The summed E-state index contributed by atoms with van der Waals surface area (Å²) in [5, 5.41) is 1.55. The number of fused-ring (bicyclic) bond motifs is 1. The molecule has 4 rings (SSSR count). The van der Waals surface area contributed by atoms with Gasteiger partial charge in [-0.1, -0.05) is 23.7 Å². The summed E-state index contributed by atoms with van der Waals surface area (Å²) in [6, 6.07) is 6.05. The molecule has 0 bridgehead atoms. The molecular formula is C20H15ClF2N4. The minimum atomic E-state index is -0.836. The van der Waals surface area contributed by atoms with Gasteiger partial charge in [0.05, 0.1) is 5.02 Å². The molecule has 27 heavy (non-hydrogen) atoms. The lowest BCUT2D eigenvalue weighted by atomic mass is 10.1. The van der Waals surface area contributed by atoms with E-state index in [4.69, 9.17) is 11.6 Å². The van der Waals surface area contributed by atoms with Crippen LogP contribution in [0, 0.1) is 11.6 Å². The molecule has 0 saturated heterocycles. The van der Waals surface area contributed by atoms with Crippen molar-refractivity contribution >= 4 is 22.6 Å². The standard InChI is InChI=1S/C20H15ClF2N4/c21-15-7-16-14(10-26-20(16)27-11-15)6-12-8-24-18(25-9-12)5-4-13-2-1-3-17(22)19(13)23/h1-3,7-11H,4-6H2,(H,26,27). The monoisotopic (exact) mass is 384 g/mol. The average Bonchev–Trinajstić information content (AvgIpc) is 3.06. The molecule has 4 nitrogen and oxygen atoms in total. The van der Waals surface area contributed by atoms with Gasteiger partial charge in [0.1, 0.15) is 11.5 Å². The fraction of sp³-hybridized carbons (Fsp3) is 0.150. The zero-order chi connectivity index (χ0) is 18.8. The lowest BCUT2D eigenvalue weighted by Gasteiger charge is -2.05. The first-order valence-electron chi connectivity index (χ1n) is 8.44. The molecule has 0 aliphatic rings. The maximum absolute atomic E-state index is 13.7. The number of halogens is 3. The molecular weight excluding hydrogens is 370 g/mol. The molecule has 0 fully saturated rings. The second-order valence-corrected chi connectivity index (χ2v) is 6.70. The summed E-state index contributed by atoms with van der Waals surface area (Å²) in [6.07, 6.45) is 8.42. The third-order valence-corrected chi connectivity index (χ3v) is 4.59. The highest BCUT2D eigenvalue weighted by molar-refractivity contribution is 6.31. The van der Waals surface area contributed by atoms with Crippen LogP contribution < -0.4 is 0 Å². The first-order valence-corrected chi connectivity index (χ1v) is 8.82. The molecule has 1 aromatic carbocycles. The summed E-state index contributed by atoms with van der Waals surface area (Å²) >= 11 is 6.03. The molecule has 4 aromatic rings. The van der Waals surface area contributed by atoms with Crippen molar-refractivity contribution in [3.8, 4) is 0 Å². The quantitative estimate of drug-likeness (QED) is 0.544. The summed E-state index contributed by atoms with van der Waals surface area (Å²) in [4.78, 5) is 16.1. The van der Waals surface area contributed by atoms with Crippen LogP contribution in [-0.2, 0) is 19.3 Å². The van der Waals surface area contributed by atoms with Crippen LogP contribution in [0.25, 0.3) is 11.0 Å². The van der Waals surface area contributed by atoms with Crippen LogP contribution >= 0.6 is 11.6 Å². The van der Waals surface area contributed by atoms with Crippen molar-refractivity contribution in [1.29, 1.82) is 0 Å². The minimum absolute atomic E-state index is 0.325. The van der Waals surface area contributed by atoms with E-state index in [1.54, 1.807) is 24.7 Å².